The highest BCUT2D eigenvalue weighted by molar-refractivity contribution is 6.06. The van der Waals surface area contributed by atoms with Crippen LogP contribution in [0.25, 0.3) is 11.8 Å². The molecular formula is C27H27FN6O4. The van der Waals surface area contributed by atoms with Crippen LogP contribution < -0.4 is 10.1 Å². The molecular weight excluding hydrogens is 491 g/mol. The third-order valence-electron chi connectivity index (χ3n) is 7.61. The third kappa shape index (κ3) is 3.73. The van der Waals surface area contributed by atoms with Gasteiger partial charge >= 0.3 is 0 Å². The molecule has 38 heavy (non-hydrogen) atoms. The van der Waals surface area contributed by atoms with Crippen LogP contribution in [0.3, 0.4) is 0 Å². The van der Waals surface area contributed by atoms with Crippen molar-refractivity contribution in [3.63, 3.8) is 0 Å². The number of nitrogens with zero attached hydrogens (tertiary/aromatic N) is 5. The van der Waals surface area contributed by atoms with E-state index in [1.165, 1.54) is 12.1 Å². The molecule has 2 unspecified atom stereocenters. The Bertz CT molecular complexity index is 1470. The van der Waals surface area contributed by atoms with Crippen LogP contribution >= 0.6 is 0 Å². The number of nitrogens with one attached hydrogen (secondary N) is 1. The van der Waals surface area contributed by atoms with E-state index in [9.17, 15) is 14.3 Å². The van der Waals surface area contributed by atoms with Gasteiger partial charge in [0.1, 0.15) is 41.6 Å². The number of halogens is 1. The maximum Gasteiger partial charge on any atom is 0.230 e. The van der Waals surface area contributed by atoms with E-state index in [4.69, 9.17) is 9.57 Å². The number of hydrogen-bond donors (Lipinski definition) is 2. The number of aromatic nitrogens is 3. The second kappa shape index (κ2) is 8.95. The van der Waals surface area contributed by atoms with Crippen molar-refractivity contribution in [3.8, 4) is 11.4 Å². The molecule has 3 aliphatic rings. The molecule has 0 radical (unpaired) electrons. The van der Waals surface area contributed by atoms with E-state index in [0.29, 0.717) is 42.5 Å². The summed E-state index contributed by atoms with van der Waals surface area (Å²) in [4.78, 5) is 24.7. The summed E-state index contributed by atoms with van der Waals surface area (Å²) in [7, 11) is 1.59. The summed E-state index contributed by atoms with van der Waals surface area (Å²) in [6, 6.07) is 11.7. The normalized spacial score (nSPS) is 25.4. The van der Waals surface area contributed by atoms with Crippen LogP contribution in [0.2, 0.25) is 0 Å². The molecule has 0 bridgehead atoms. The van der Waals surface area contributed by atoms with Gasteiger partial charge in [-0.2, -0.15) is 5.10 Å². The van der Waals surface area contributed by atoms with Crippen molar-refractivity contribution in [1.29, 1.82) is 0 Å². The van der Waals surface area contributed by atoms with E-state index in [1.807, 2.05) is 36.1 Å². The van der Waals surface area contributed by atoms with E-state index >= 15 is 0 Å². The first kappa shape index (κ1) is 24.1. The fourth-order valence-corrected chi connectivity index (χ4v) is 5.45. The molecule has 2 aromatic carbocycles. The number of oxime groups is 1. The van der Waals surface area contributed by atoms with Gasteiger partial charge in [0.05, 0.1) is 19.1 Å². The highest BCUT2D eigenvalue weighted by Crippen LogP contribution is 2.45. The van der Waals surface area contributed by atoms with Gasteiger partial charge in [-0.15, -0.1) is 0 Å². The number of piperidine rings is 1. The highest BCUT2D eigenvalue weighted by atomic mass is 19.1. The lowest BCUT2D eigenvalue weighted by atomic mass is 9.69. The minimum absolute atomic E-state index is 0.0469. The minimum Gasteiger partial charge on any atom is -0.494 e. The van der Waals surface area contributed by atoms with Gasteiger partial charge in [0, 0.05) is 13.1 Å². The second-order valence-corrected chi connectivity index (χ2v) is 9.95. The Morgan fingerprint density at radius 1 is 1.26 bits per heavy atom. The van der Waals surface area contributed by atoms with Crippen LogP contribution in [0.4, 0.5) is 4.39 Å². The zero-order valence-electron chi connectivity index (χ0n) is 21.0. The SMILES string of the molecule is COc1cc(/C=C2\CC3(CNC3=O)CN3C2=NOCC3(CO)c2ccc(F)cc2)ccc1-n1cnc(C)n1. The van der Waals surface area contributed by atoms with Crippen molar-refractivity contribution in [2.45, 2.75) is 18.9 Å². The Balaban J connectivity index is 1.44. The number of carbonyl (C=O) groups excluding carboxylic acids is 1. The largest absolute Gasteiger partial charge is 0.494 e. The average molecular weight is 519 g/mol. The average Bonchev–Trinajstić information content (AvgIpc) is 3.38. The molecule has 1 spiro atoms. The molecule has 0 aliphatic carbocycles. The molecule has 3 aromatic rings. The van der Waals surface area contributed by atoms with Crippen molar-refractivity contribution in [2.75, 3.05) is 33.4 Å². The smallest absolute Gasteiger partial charge is 0.230 e. The molecule has 1 amide bonds. The van der Waals surface area contributed by atoms with Crippen LogP contribution in [0.5, 0.6) is 5.75 Å². The number of fused-ring (bicyclic) bond motifs is 1. The van der Waals surface area contributed by atoms with E-state index in [1.54, 1.807) is 30.3 Å². The fourth-order valence-electron chi connectivity index (χ4n) is 5.45. The number of β-lactam (4-membered cyclic amide) rings is 1. The number of hydrogen-bond acceptors (Lipinski definition) is 8. The van der Waals surface area contributed by atoms with Crippen LogP contribution in [-0.4, -0.2) is 69.9 Å². The van der Waals surface area contributed by atoms with Gasteiger partial charge < -0.3 is 24.9 Å². The van der Waals surface area contributed by atoms with Crippen molar-refractivity contribution in [2.24, 2.45) is 10.6 Å². The van der Waals surface area contributed by atoms with Crippen molar-refractivity contribution in [3.05, 3.63) is 77.1 Å². The summed E-state index contributed by atoms with van der Waals surface area (Å²) in [5, 5.41) is 22.3. The van der Waals surface area contributed by atoms with Crippen LogP contribution in [0, 0.1) is 18.2 Å². The monoisotopic (exact) mass is 518 g/mol. The van der Waals surface area contributed by atoms with Gasteiger partial charge in [0.15, 0.2) is 5.84 Å². The van der Waals surface area contributed by atoms with Crippen molar-refractivity contribution in [1.82, 2.24) is 25.0 Å². The highest BCUT2D eigenvalue weighted by Gasteiger charge is 2.57. The first-order chi connectivity index (χ1) is 18.4. The molecule has 2 saturated heterocycles. The van der Waals surface area contributed by atoms with Gasteiger partial charge in [0.25, 0.3) is 0 Å². The number of amides is 1. The standard InChI is InChI=1S/C27H27FN6O4/c1-17-30-16-34(31-17)22-8-3-18(10-23(22)37-2)9-19-11-26(12-29-25(26)36)13-33-24(19)32-38-15-27(33,14-35)20-4-6-21(28)7-5-20/h3-10,16,35H,11-15H2,1-2H3,(H,29,36)/b19-9+. The van der Waals surface area contributed by atoms with Gasteiger partial charge in [-0.05, 0) is 60.4 Å². The van der Waals surface area contributed by atoms with Crippen LogP contribution in [0.15, 0.2) is 59.5 Å². The molecule has 2 atom stereocenters. The van der Waals surface area contributed by atoms with Gasteiger partial charge in [-0.25, -0.2) is 14.1 Å². The molecule has 0 saturated carbocycles. The lowest BCUT2D eigenvalue weighted by Gasteiger charge is -2.55. The van der Waals surface area contributed by atoms with Crippen LogP contribution in [-0.2, 0) is 15.2 Å². The molecule has 2 N–H and O–H groups in total. The number of methoxy groups -OCH3 is 1. The van der Waals surface area contributed by atoms with Crippen molar-refractivity contribution >= 4 is 17.8 Å². The second-order valence-electron chi connectivity index (χ2n) is 9.95. The number of aryl methyl sites for hydroxylation is 1. The predicted octanol–water partition coefficient (Wildman–Crippen LogP) is 2.16. The Morgan fingerprint density at radius 2 is 2.08 bits per heavy atom. The topological polar surface area (TPSA) is 114 Å². The van der Waals surface area contributed by atoms with Crippen molar-refractivity contribution < 1.29 is 23.9 Å². The Hall–Kier alpha value is -4.25. The fraction of sp³-hybridized carbons (Fsp3) is 0.333. The van der Waals surface area contributed by atoms with E-state index in [-0.39, 0.29) is 24.9 Å². The molecule has 2 fully saturated rings. The summed E-state index contributed by atoms with van der Waals surface area (Å²) in [5.41, 5.74) is 1.34. The third-order valence-corrected chi connectivity index (χ3v) is 7.61. The number of ether oxygens (including phenoxy) is 1. The number of aliphatic hydroxyl groups excluding tert-OH is 1. The zero-order chi connectivity index (χ0) is 26.5. The lowest BCUT2D eigenvalue weighted by molar-refractivity contribution is -0.145. The van der Waals surface area contributed by atoms with Crippen LogP contribution in [0.1, 0.15) is 23.4 Å². The maximum atomic E-state index is 13.7. The predicted molar refractivity (Wildman–Crippen MR) is 136 cm³/mol. The summed E-state index contributed by atoms with van der Waals surface area (Å²) in [5.74, 6) is 1.36. The molecule has 11 heteroatoms. The number of carbonyl (C=O) groups is 1. The Labute approximate surface area is 218 Å². The van der Waals surface area contributed by atoms with E-state index in [2.05, 4.69) is 20.6 Å². The minimum atomic E-state index is -1.03. The van der Waals surface area contributed by atoms with Gasteiger partial charge in [-0.3, -0.25) is 4.79 Å². The maximum absolute atomic E-state index is 13.7. The summed E-state index contributed by atoms with van der Waals surface area (Å²) >= 11 is 0. The first-order valence-electron chi connectivity index (χ1n) is 12.3. The molecule has 3 aliphatic heterocycles. The van der Waals surface area contributed by atoms with Gasteiger partial charge in [0.2, 0.25) is 5.91 Å². The Kier molecular flexibility index (Phi) is 5.68. The summed E-state index contributed by atoms with van der Waals surface area (Å²) in [6.07, 6.45) is 4.04. The molecule has 1 aromatic heterocycles. The first-order valence-corrected chi connectivity index (χ1v) is 12.3. The van der Waals surface area contributed by atoms with E-state index < -0.39 is 11.0 Å². The molecule has 4 heterocycles. The molecule has 6 rings (SSSR count). The van der Waals surface area contributed by atoms with Gasteiger partial charge in [-0.1, -0.05) is 23.4 Å². The summed E-state index contributed by atoms with van der Waals surface area (Å²) in [6.45, 7) is 2.43. The molecule has 196 valence electrons. The Morgan fingerprint density at radius 3 is 2.71 bits per heavy atom. The number of aliphatic hydroxyl groups is 1. The number of rotatable bonds is 5. The summed E-state index contributed by atoms with van der Waals surface area (Å²) < 4.78 is 21.0. The molecule has 10 nitrogen and oxygen atoms in total. The number of amidine groups is 1. The van der Waals surface area contributed by atoms with E-state index in [0.717, 1.165) is 16.8 Å². The lowest BCUT2D eigenvalue weighted by Crippen LogP contribution is -2.71. The zero-order valence-corrected chi connectivity index (χ0v) is 21.0. The quantitative estimate of drug-likeness (QED) is 0.498. The number of benzene rings is 2.